The van der Waals surface area contributed by atoms with E-state index < -0.39 is 0 Å². The Morgan fingerprint density at radius 1 is 1.38 bits per heavy atom. The fourth-order valence-electron chi connectivity index (χ4n) is 2.32. The number of ether oxygens (including phenoxy) is 1. The van der Waals surface area contributed by atoms with Crippen LogP contribution < -0.4 is 5.32 Å². The van der Waals surface area contributed by atoms with Crippen LogP contribution in [0.4, 0.5) is 5.69 Å². The Morgan fingerprint density at radius 3 is 3.00 bits per heavy atom. The van der Waals surface area contributed by atoms with Gasteiger partial charge in [0, 0.05) is 24.9 Å². The highest BCUT2D eigenvalue weighted by Gasteiger charge is 2.21. The Hall–Kier alpha value is -1.22. The molecule has 1 fully saturated rings. The summed E-state index contributed by atoms with van der Waals surface area (Å²) < 4.78 is 5.39. The molecule has 0 radical (unpaired) electrons. The highest BCUT2D eigenvalue weighted by atomic mass is 16.5. The first kappa shape index (κ1) is 11.3. The van der Waals surface area contributed by atoms with Crippen LogP contribution in [0.5, 0.6) is 5.75 Å². The number of phenols is 1. The van der Waals surface area contributed by atoms with Crippen molar-refractivity contribution in [3.05, 3.63) is 24.3 Å². The van der Waals surface area contributed by atoms with Crippen LogP contribution in [0.1, 0.15) is 25.7 Å². The Kier molecular flexibility index (Phi) is 3.67. The molecule has 0 amide bonds. The average Bonchev–Trinajstić information content (AvgIpc) is 2.29. The molecule has 3 nitrogen and oxygen atoms in total. The zero-order chi connectivity index (χ0) is 11.4. The van der Waals surface area contributed by atoms with Crippen LogP contribution in [-0.4, -0.2) is 24.4 Å². The Balaban J connectivity index is 1.94. The predicted molar refractivity (Wildman–Crippen MR) is 64.8 cm³/mol. The van der Waals surface area contributed by atoms with Crippen molar-refractivity contribution >= 4 is 5.69 Å². The average molecular weight is 221 g/mol. The number of phenolic OH excluding ortho intramolecular Hbond substituents is 1. The van der Waals surface area contributed by atoms with Crippen molar-refractivity contribution < 1.29 is 9.84 Å². The smallest absolute Gasteiger partial charge is 0.117 e. The molecule has 0 aromatic heterocycles. The molecule has 2 N–H and O–H groups in total. The zero-order valence-corrected chi connectivity index (χ0v) is 9.65. The van der Waals surface area contributed by atoms with E-state index >= 15 is 0 Å². The molecule has 3 heteroatoms. The molecule has 0 bridgehead atoms. The van der Waals surface area contributed by atoms with Crippen LogP contribution in [0, 0.1) is 0 Å². The maximum atomic E-state index is 9.38. The van der Waals surface area contributed by atoms with Crippen LogP contribution in [-0.2, 0) is 4.74 Å². The highest BCUT2D eigenvalue weighted by molar-refractivity contribution is 5.48. The number of nitrogens with one attached hydrogen (secondary N) is 1. The maximum absolute atomic E-state index is 9.38. The van der Waals surface area contributed by atoms with E-state index in [0.29, 0.717) is 17.9 Å². The van der Waals surface area contributed by atoms with E-state index in [2.05, 4.69) is 5.32 Å². The molecule has 88 valence electrons. The quantitative estimate of drug-likeness (QED) is 0.824. The third-order valence-corrected chi connectivity index (χ3v) is 3.18. The summed E-state index contributed by atoms with van der Waals surface area (Å²) in [6, 6.07) is 7.74. The standard InChI is InChI=1S/C13H19NO2/c1-16-13-7-3-5-11(9-13)14-10-4-2-6-12(15)8-10/h2,4,6,8,11,13-15H,3,5,7,9H2,1H3. The van der Waals surface area contributed by atoms with Crippen molar-refractivity contribution in [1.82, 2.24) is 0 Å². The van der Waals surface area contributed by atoms with Gasteiger partial charge in [-0.05, 0) is 37.8 Å². The number of hydrogen-bond acceptors (Lipinski definition) is 3. The van der Waals surface area contributed by atoms with Gasteiger partial charge in [-0.25, -0.2) is 0 Å². The molecule has 0 aliphatic heterocycles. The third kappa shape index (κ3) is 2.89. The monoisotopic (exact) mass is 221 g/mol. The normalized spacial score (nSPS) is 25.3. The fourth-order valence-corrected chi connectivity index (χ4v) is 2.32. The minimum absolute atomic E-state index is 0.309. The number of hydrogen-bond donors (Lipinski definition) is 2. The first-order valence-corrected chi connectivity index (χ1v) is 5.86. The maximum Gasteiger partial charge on any atom is 0.117 e. The second kappa shape index (κ2) is 5.21. The molecular formula is C13H19NO2. The van der Waals surface area contributed by atoms with E-state index in [1.807, 2.05) is 12.1 Å². The van der Waals surface area contributed by atoms with Crippen molar-refractivity contribution in [3.8, 4) is 5.75 Å². The van der Waals surface area contributed by atoms with Crippen molar-refractivity contribution in [1.29, 1.82) is 0 Å². The van der Waals surface area contributed by atoms with Gasteiger partial charge in [-0.2, -0.15) is 0 Å². The van der Waals surface area contributed by atoms with E-state index in [4.69, 9.17) is 4.74 Å². The molecule has 16 heavy (non-hydrogen) atoms. The van der Waals surface area contributed by atoms with Gasteiger partial charge in [0.25, 0.3) is 0 Å². The van der Waals surface area contributed by atoms with Crippen molar-refractivity contribution in [2.24, 2.45) is 0 Å². The number of aromatic hydroxyl groups is 1. The van der Waals surface area contributed by atoms with Crippen molar-refractivity contribution in [2.45, 2.75) is 37.8 Å². The molecule has 2 atom stereocenters. The predicted octanol–water partition coefficient (Wildman–Crippen LogP) is 2.76. The van der Waals surface area contributed by atoms with E-state index in [1.54, 1.807) is 19.2 Å². The van der Waals surface area contributed by atoms with E-state index in [0.717, 1.165) is 18.5 Å². The molecule has 2 rings (SSSR count). The lowest BCUT2D eigenvalue weighted by Gasteiger charge is -2.29. The number of rotatable bonds is 3. The van der Waals surface area contributed by atoms with Gasteiger partial charge in [0.15, 0.2) is 0 Å². The second-order valence-electron chi connectivity index (χ2n) is 4.42. The van der Waals surface area contributed by atoms with Crippen LogP contribution >= 0.6 is 0 Å². The Bertz CT molecular complexity index is 340. The molecule has 0 spiro atoms. The molecule has 2 unspecified atom stereocenters. The van der Waals surface area contributed by atoms with E-state index in [1.165, 1.54) is 12.8 Å². The Labute approximate surface area is 96.4 Å². The van der Waals surface area contributed by atoms with Gasteiger partial charge >= 0.3 is 0 Å². The van der Waals surface area contributed by atoms with Gasteiger partial charge in [-0.15, -0.1) is 0 Å². The highest BCUT2D eigenvalue weighted by Crippen LogP contribution is 2.25. The lowest BCUT2D eigenvalue weighted by molar-refractivity contribution is 0.0669. The van der Waals surface area contributed by atoms with Crippen molar-refractivity contribution in [3.63, 3.8) is 0 Å². The molecule has 1 aromatic carbocycles. The van der Waals surface area contributed by atoms with Gasteiger partial charge < -0.3 is 15.2 Å². The molecule has 1 aliphatic carbocycles. The number of benzene rings is 1. The molecule has 1 saturated carbocycles. The SMILES string of the molecule is COC1CCCC(Nc2cccc(O)c2)C1. The summed E-state index contributed by atoms with van der Waals surface area (Å²) in [7, 11) is 1.78. The summed E-state index contributed by atoms with van der Waals surface area (Å²) >= 11 is 0. The lowest BCUT2D eigenvalue weighted by atomic mass is 9.92. The zero-order valence-electron chi connectivity index (χ0n) is 9.65. The lowest BCUT2D eigenvalue weighted by Crippen LogP contribution is -2.30. The van der Waals surface area contributed by atoms with Crippen LogP contribution in [0.25, 0.3) is 0 Å². The molecule has 1 aromatic rings. The number of anilines is 1. The molecule has 1 aliphatic rings. The summed E-state index contributed by atoms with van der Waals surface area (Å²) in [6.07, 6.45) is 4.97. The summed E-state index contributed by atoms with van der Waals surface area (Å²) in [4.78, 5) is 0. The van der Waals surface area contributed by atoms with Crippen molar-refractivity contribution in [2.75, 3.05) is 12.4 Å². The second-order valence-corrected chi connectivity index (χ2v) is 4.42. The molecule has 0 heterocycles. The minimum atomic E-state index is 0.309. The summed E-state index contributed by atoms with van der Waals surface area (Å²) in [6.45, 7) is 0. The largest absolute Gasteiger partial charge is 0.508 e. The Morgan fingerprint density at radius 2 is 2.25 bits per heavy atom. The minimum Gasteiger partial charge on any atom is -0.508 e. The van der Waals surface area contributed by atoms with E-state index in [9.17, 15) is 5.11 Å². The van der Waals surface area contributed by atoms with Gasteiger partial charge in [-0.1, -0.05) is 6.07 Å². The first-order valence-electron chi connectivity index (χ1n) is 5.86. The van der Waals surface area contributed by atoms with Gasteiger partial charge in [0.05, 0.1) is 6.10 Å². The van der Waals surface area contributed by atoms with Gasteiger partial charge in [0.1, 0.15) is 5.75 Å². The topological polar surface area (TPSA) is 41.5 Å². The van der Waals surface area contributed by atoms with Gasteiger partial charge in [0.2, 0.25) is 0 Å². The number of methoxy groups -OCH3 is 1. The van der Waals surface area contributed by atoms with Gasteiger partial charge in [-0.3, -0.25) is 0 Å². The van der Waals surface area contributed by atoms with Crippen LogP contribution in [0.15, 0.2) is 24.3 Å². The third-order valence-electron chi connectivity index (χ3n) is 3.18. The summed E-state index contributed by atoms with van der Waals surface area (Å²) in [5, 5.41) is 12.8. The first-order chi connectivity index (χ1) is 7.78. The summed E-state index contributed by atoms with van der Waals surface area (Å²) in [5.74, 6) is 0.309. The van der Waals surface area contributed by atoms with E-state index in [-0.39, 0.29) is 0 Å². The summed E-state index contributed by atoms with van der Waals surface area (Å²) in [5.41, 5.74) is 0.988. The van der Waals surface area contributed by atoms with Crippen LogP contribution in [0.3, 0.4) is 0 Å². The van der Waals surface area contributed by atoms with Crippen LogP contribution in [0.2, 0.25) is 0 Å². The molecular weight excluding hydrogens is 202 g/mol. The molecule has 0 saturated heterocycles. The fraction of sp³-hybridized carbons (Fsp3) is 0.538.